The number of fused-ring (bicyclic) bond motifs is 6. The van der Waals surface area contributed by atoms with Crippen LogP contribution in [0.15, 0.2) is 131 Å². The van der Waals surface area contributed by atoms with E-state index in [9.17, 15) is 0 Å². The number of hydrogen-bond donors (Lipinski definition) is 0. The molecule has 0 spiro atoms. The number of aromatic nitrogens is 1. The molecule has 5 aromatic carbocycles. The lowest BCUT2D eigenvalue weighted by Crippen LogP contribution is -2.16. The lowest BCUT2D eigenvalue weighted by Gasteiger charge is -2.21. The molecular formula is C39H35N3. The van der Waals surface area contributed by atoms with Crippen molar-refractivity contribution >= 4 is 33.5 Å². The lowest BCUT2D eigenvalue weighted by atomic mass is 9.82. The van der Waals surface area contributed by atoms with E-state index in [1.54, 1.807) is 0 Å². The summed E-state index contributed by atoms with van der Waals surface area (Å²) in [6, 6.07) is 43.3. The smallest absolute Gasteiger partial charge is 0.230 e. The maximum atomic E-state index is 5.43. The van der Waals surface area contributed by atoms with Gasteiger partial charge < -0.3 is 0 Å². The van der Waals surface area contributed by atoms with Gasteiger partial charge in [-0.15, -0.1) is 0 Å². The molecule has 0 amide bonds. The molecule has 0 saturated heterocycles. The summed E-state index contributed by atoms with van der Waals surface area (Å²) in [5, 5.41) is 2.44. The Hall–Kier alpha value is -4.76. The van der Waals surface area contributed by atoms with Gasteiger partial charge in [-0.2, -0.15) is 0 Å². The Morgan fingerprint density at radius 2 is 1.36 bits per heavy atom. The maximum Gasteiger partial charge on any atom is 0.230 e. The van der Waals surface area contributed by atoms with Crippen molar-refractivity contribution in [2.75, 3.05) is 0 Å². The van der Waals surface area contributed by atoms with Crippen LogP contribution in [0, 0.1) is 0 Å². The summed E-state index contributed by atoms with van der Waals surface area (Å²) >= 11 is 0. The van der Waals surface area contributed by atoms with Gasteiger partial charge in [0.15, 0.2) is 0 Å². The lowest BCUT2D eigenvalue weighted by molar-refractivity contribution is 0.661. The predicted molar refractivity (Wildman–Crippen MR) is 178 cm³/mol. The van der Waals surface area contributed by atoms with Gasteiger partial charge in [-0.05, 0) is 64.9 Å². The van der Waals surface area contributed by atoms with Crippen LogP contribution in [0.1, 0.15) is 62.4 Å². The zero-order valence-corrected chi connectivity index (χ0v) is 24.7. The molecule has 0 bridgehead atoms. The summed E-state index contributed by atoms with van der Waals surface area (Å²) in [5.74, 6) is 0.714. The van der Waals surface area contributed by atoms with Crippen molar-refractivity contribution in [2.45, 2.75) is 45.6 Å². The van der Waals surface area contributed by atoms with Crippen LogP contribution < -0.4 is 0 Å². The van der Waals surface area contributed by atoms with Crippen LogP contribution >= 0.6 is 0 Å². The van der Waals surface area contributed by atoms with Crippen molar-refractivity contribution in [1.82, 2.24) is 4.57 Å². The molecule has 3 nitrogen and oxygen atoms in total. The van der Waals surface area contributed by atoms with Crippen molar-refractivity contribution in [2.24, 2.45) is 9.98 Å². The molecule has 0 radical (unpaired) electrons. The first kappa shape index (κ1) is 26.2. The van der Waals surface area contributed by atoms with Crippen molar-refractivity contribution in [3.05, 3.63) is 144 Å². The highest BCUT2D eigenvalue weighted by molar-refractivity contribution is 6.17. The van der Waals surface area contributed by atoms with Crippen LogP contribution in [-0.2, 0) is 5.41 Å². The largest absolute Gasteiger partial charge is 0.278 e. The van der Waals surface area contributed by atoms with Gasteiger partial charge in [0.1, 0.15) is 0 Å². The second-order valence-corrected chi connectivity index (χ2v) is 11.8. The first-order valence-corrected chi connectivity index (χ1v) is 14.9. The number of benzene rings is 5. The third-order valence-corrected chi connectivity index (χ3v) is 8.88. The fourth-order valence-corrected chi connectivity index (χ4v) is 6.63. The molecule has 1 atom stereocenters. The molecule has 1 unspecified atom stereocenters. The molecule has 1 heterocycles. The Labute approximate surface area is 247 Å². The molecular weight excluding hydrogens is 510 g/mol. The summed E-state index contributed by atoms with van der Waals surface area (Å²) < 4.78 is 2.29. The summed E-state index contributed by atoms with van der Waals surface area (Å²) in [6.07, 6.45) is 0.877. The zero-order valence-electron chi connectivity index (χ0n) is 24.7. The molecule has 6 aromatic rings. The van der Waals surface area contributed by atoms with Gasteiger partial charge in [-0.3, -0.25) is 4.57 Å². The minimum Gasteiger partial charge on any atom is -0.278 e. The van der Waals surface area contributed by atoms with E-state index < -0.39 is 0 Å². The molecule has 3 heteroatoms. The van der Waals surface area contributed by atoms with Crippen LogP contribution in [0.5, 0.6) is 0 Å². The standard InChI is InChI=1S/C39H35N3/c1-5-35(28-18-10-7-11-19-28)41-38(40-26(2)27-16-8-6-9-17-27)42-36-23-15-13-21-30(36)32-24-31-29-20-12-14-22-33(29)39(3,4)34(31)25-37(32)42/h6-25,35H,5H2,1-4H3/b40-26+,41-38+. The van der Waals surface area contributed by atoms with E-state index >= 15 is 0 Å². The third-order valence-electron chi connectivity index (χ3n) is 8.88. The number of nitrogens with zero attached hydrogens (tertiary/aromatic N) is 3. The molecule has 0 fully saturated rings. The van der Waals surface area contributed by atoms with Crippen molar-refractivity contribution in [1.29, 1.82) is 0 Å². The number of para-hydroxylation sites is 1. The quantitative estimate of drug-likeness (QED) is 0.156. The minimum atomic E-state index is -0.0993. The van der Waals surface area contributed by atoms with E-state index in [1.807, 2.05) is 6.07 Å². The maximum absolute atomic E-state index is 5.43. The summed E-state index contributed by atoms with van der Waals surface area (Å²) in [6.45, 7) is 8.96. The van der Waals surface area contributed by atoms with E-state index in [4.69, 9.17) is 9.98 Å². The second-order valence-electron chi connectivity index (χ2n) is 11.8. The van der Waals surface area contributed by atoms with Gasteiger partial charge in [0, 0.05) is 21.9 Å². The Morgan fingerprint density at radius 3 is 2.12 bits per heavy atom. The van der Waals surface area contributed by atoms with Gasteiger partial charge in [-0.1, -0.05) is 124 Å². The summed E-state index contributed by atoms with van der Waals surface area (Å²) in [7, 11) is 0. The highest BCUT2D eigenvalue weighted by atomic mass is 15.2. The monoisotopic (exact) mass is 545 g/mol. The SMILES string of the molecule is CCC(/N=C(\N=C(/C)c1ccccc1)n1c2ccccc2c2cc3c(cc21)C(C)(C)c1ccccc1-3)c1ccccc1. The molecule has 0 N–H and O–H groups in total. The normalized spacial score (nSPS) is 15.1. The van der Waals surface area contributed by atoms with E-state index in [1.165, 1.54) is 38.6 Å². The second kappa shape index (κ2) is 10.3. The first-order chi connectivity index (χ1) is 20.5. The van der Waals surface area contributed by atoms with Crippen LogP contribution in [0.25, 0.3) is 32.9 Å². The van der Waals surface area contributed by atoms with E-state index in [2.05, 4.69) is 148 Å². The fraction of sp³-hybridized carbons (Fsp3) is 0.179. The van der Waals surface area contributed by atoms with Crippen molar-refractivity contribution in [3.63, 3.8) is 0 Å². The van der Waals surface area contributed by atoms with Gasteiger partial charge in [0.25, 0.3) is 0 Å². The first-order valence-electron chi connectivity index (χ1n) is 14.9. The Balaban J connectivity index is 1.54. The molecule has 1 aromatic heterocycles. The highest BCUT2D eigenvalue weighted by Crippen LogP contribution is 2.50. The Morgan fingerprint density at radius 1 is 0.690 bits per heavy atom. The minimum absolute atomic E-state index is 0.0140. The van der Waals surface area contributed by atoms with Crippen LogP contribution in [-0.4, -0.2) is 16.2 Å². The third kappa shape index (κ3) is 4.19. The number of hydrogen-bond acceptors (Lipinski definition) is 1. The zero-order chi connectivity index (χ0) is 28.8. The van der Waals surface area contributed by atoms with Crippen LogP contribution in [0.3, 0.4) is 0 Å². The molecule has 1 aliphatic rings. The summed E-state index contributed by atoms with van der Waals surface area (Å²) in [4.78, 5) is 10.7. The summed E-state index contributed by atoms with van der Waals surface area (Å²) in [5.41, 5.74) is 10.8. The predicted octanol–water partition coefficient (Wildman–Crippen LogP) is 9.97. The highest BCUT2D eigenvalue weighted by Gasteiger charge is 2.36. The van der Waals surface area contributed by atoms with E-state index in [-0.39, 0.29) is 11.5 Å². The number of aliphatic imine (C=N–C) groups is 2. The molecule has 0 saturated carbocycles. The van der Waals surface area contributed by atoms with Gasteiger partial charge in [0.05, 0.1) is 17.1 Å². The number of rotatable bonds is 4. The molecule has 0 aliphatic heterocycles. The van der Waals surface area contributed by atoms with Crippen LogP contribution in [0.2, 0.25) is 0 Å². The molecule has 206 valence electrons. The molecule has 7 rings (SSSR count). The molecule has 1 aliphatic carbocycles. The molecule has 42 heavy (non-hydrogen) atoms. The van der Waals surface area contributed by atoms with Gasteiger partial charge in [-0.25, -0.2) is 9.98 Å². The van der Waals surface area contributed by atoms with Gasteiger partial charge >= 0.3 is 0 Å². The van der Waals surface area contributed by atoms with Crippen molar-refractivity contribution < 1.29 is 0 Å². The van der Waals surface area contributed by atoms with E-state index in [0.29, 0.717) is 5.96 Å². The van der Waals surface area contributed by atoms with Crippen LogP contribution in [0.4, 0.5) is 0 Å². The van der Waals surface area contributed by atoms with Crippen molar-refractivity contribution in [3.8, 4) is 11.1 Å². The fourth-order valence-electron chi connectivity index (χ4n) is 6.63. The average molecular weight is 546 g/mol. The average Bonchev–Trinajstić information content (AvgIpc) is 3.47. The van der Waals surface area contributed by atoms with E-state index in [0.717, 1.165) is 28.7 Å². The Kier molecular flexibility index (Phi) is 6.39. The topological polar surface area (TPSA) is 29.6 Å². The van der Waals surface area contributed by atoms with Gasteiger partial charge in [0.2, 0.25) is 5.96 Å². The Bertz CT molecular complexity index is 1990.